The fourth-order valence-electron chi connectivity index (χ4n) is 3.07. The van der Waals surface area contributed by atoms with Gasteiger partial charge in [-0.05, 0) is 24.3 Å². The highest BCUT2D eigenvalue weighted by molar-refractivity contribution is 7.21. The zero-order valence-corrected chi connectivity index (χ0v) is 17.3. The van der Waals surface area contributed by atoms with Crippen LogP contribution < -0.4 is 5.73 Å². The van der Waals surface area contributed by atoms with Crippen LogP contribution in [-0.4, -0.2) is 10.8 Å². The van der Waals surface area contributed by atoms with E-state index in [1.807, 2.05) is 0 Å². The summed E-state index contributed by atoms with van der Waals surface area (Å²) in [5.41, 5.74) is 5.56. The first-order valence-electron chi connectivity index (χ1n) is 8.52. The van der Waals surface area contributed by atoms with Crippen LogP contribution in [0.1, 0.15) is 20.8 Å². The second-order valence-corrected chi connectivity index (χ2v) is 8.24. The van der Waals surface area contributed by atoms with E-state index in [2.05, 4.69) is 4.98 Å². The number of halogens is 5. The molecule has 30 heavy (non-hydrogen) atoms. The minimum atomic E-state index is -4.68. The highest BCUT2D eigenvalue weighted by Crippen LogP contribution is 2.44. The first kappa shape index (κ1) is 20.7. The summed E-state index contributed by atoms with van der Waals surface area (Å²) >= 11 is 12.8. The lowest BCUT2D eigenvalue weighted by molar-refractivity contribution is -0.136. The molecule has 0 unspecified atom stereocenters. The molecule has 0 atom stereocenters. The third-order valence-electron chi connectivity index (χ3n) is 4.46. The van der Waals surface area contributed by atoms with E-state index in [-0.39, 0.29) is 37.1 Å². The first-order chi connectivity index (χ1) is 14.2. The minimum absolute atomic E-state index is 0.0228. The van der Waals surface area contributed by atoms with Crippen molar-refractivity contribution in [1.82, 2.24) is 4.98 Å². The Balaban J connectivity index is 1.96. The third kappa shape index (κ3) is 3.64. The number of pyridine rings is 1. The Labute approximate surface area is 182 Å². The van der Waals surface area contributed by atoms with E-state index in [0.717, 1.165) is 17.4 Å². The van der Waals surface area contributed by atoms with Crippen LogP contribution in [0.25, 0.3) is 21.5 Å². The predicted octanol–water partition coefficient (Wildman–Crippen LogP) is 7.10. The number of anilines is 1. The van der Waals surface area contributed by atoms with E-state index in [0.29, 0.717) is 10.6 Å². The molecule has 3 nitrogen and oxygen atoms in total. The molecule has 0 fully saturated rings. The number of carbonyl (C=O) groups excluding carboxylic acids is 1. The molecule has 152 valence electrons. The van der Waals surface area contributed by atoms with Gasteiger partial charge in [-0.15, -0.1) is 11.3 Å². The number of nitrogens with two attached hydrogens (primary N) is 1. The average molecular weight is 467 g/mol. The molecular weight excluding hydrogens is 456 g/mol. The summed E-state index contributed by atoms with van der Waals surface area (Å²) in [5, 5.41) is 0.119. The number of ketones is 1. The Morgan fingerprint density at radius 2 is 1.73 bits per heavy atom. The number of alkyl halides is 3. The molecule has 0 amide bonds. The molecule has 9 heteroatoms. The molecule has 0 bridgehead atoms. The Kier molecular flexibility index (Phi) is 5.22. The monoisotopic (exact) mass is 466 g/mol. The highest BCUT2D eigenvalue weighted by Gasteiger charge is 2.36. The second kappa shape index (κ2) is 7.58. The molecule has 0 spiro atoms. The van der Waals surface area contributed by atoms with Gasteiger partial charge in [-0.1, -0.05) is 53.5 Å². The number of carbonyl (C=O) groups is 1. The fraction of sp³-hybridized carbons (Fsp3) is 0.0476. The molecule has 0 saturated carbocycles. The molecule has 4 aromatic rings. The maximum atomic E-state index is 13.8. The number of nitrogens with zero attached hydrogens (tertiary/aromatic N) is 1. The molecule has 2 aromatic carbocycles. The van der Waals surface area contributed by atoms with Crippen LogP contribution in [0.4, 0.5) is 18.9 Å². The summed E-state index contributed by atoms with van der Waals surface area (Å²) in [6.45, 7) is 0. The average Bonchev–Trinajstić information content (AvgIpc) is 3.03. The molecule has 0 saturated heterocycles. The predicted molar refractivity (Wildman–Crippen MR) is 114 cm³/mol. The quantitative estimate of drug-likeness (QED) is 0.327. The van der Waals surface area contributed by atoms with Crippen molar-refractivity contribution in [3.05, 3.63) is 80.6 Å². The van der Waals surface area contributed by atoms with Gasteiger partial charge >= 0.3 is 6.18 Å². The van der Waals surface area contributed by atoms with Gasteiger partial charge in [-0.25, -0.2) is 4.98 Å². The maximum absolute atomic E-state index is 13.8. The van der Waals surface area contributed by atoms with Crippen LogP contribution in [0.2, 0.25) is 10.0 Å². The summed E-state index contributed by atoms with van der Waals surface area (Å²) in [7, 11) is 0. The lowest BCUT2D eigenvalue weighted by Gasteiger charge is -2.11. The second-order valence-electron chi connectivity index (χ2n) is 6.40. The normalized spacial score (nSPS) is 11.8. The summed E-state index contributed by atoms with van der Waals surface area (Å²) in [6.07, 6.45) is -4.68. The van der Waals surface area contributed by atoms with Crippen molar-refractivity contribution in [2.24, 2.45) is 0 Å². The van der Waals surface area contributed by atoms with Crippen molar-refractivity contribution in [2.75, 3.05) is 5.73 Å². The zero-order valence-electron chi connectivity index (χ0n) is 14.9. The highest BCUT2D eigenvalue weighted by atomic mass is 35.5. The van der Waals surface area contributed by atoms with Crippen molar-refractivity contribution < 1.29 is 18.0 Å². The van der Waals surface area contributed by atoms with Gasteiger partial charge in [0, 0.05) is 21.5 Å². The van der Waals surface area contributed by atoms with Gasteiger partial charge in [0.15, 0.2) is 0 Å². The summed E-state index contributed by atoms with van der Waals surface area (Å²) < 4.78 is 41.5. The van der Waals surface area contributed by atoms with E-state index in [4.69, 9.17) is 28.9 Å². The molecule has 2 N–H and O–H groups in total. The molecule has 0 aliphatic carbocycles. The third-order valence-corrected chi connectivity index (χ3v) is 6.10. The summed E-state index contributed by atoms with van der Waals surface area (Å²) in [6, 6.07) is 13.7. The smallest absolute Gasteiger partial charge is 0.397 e. The van der Waals surface area contributed by atoms with E-state index in [9.17, 15) is 18.0 Å². The topological polar surface area (TPSA) is 56.0 Å². The largest absolute Gasteiger partial charge is 0.417 e. The Morgan fingerprint density at radius 1 is 1.03 bits per heavy atom. The lowest BCUT2D eigenvalue weighted by Crippen LogP contribution is -2.08. The Morgan fingerprint density at radius 3 is 2.37 bits per heavy atom. The Hall–Kier alpha value is -2.61. The molecule has 0 aliphatic heterocycles. The number of hydrogen-bond acceptors (Lipinski definition) is 4. The number of thiophene rings is 1. The minimum Gasteiger partial charge on any atom is -0.397 e. The standard InChI is InChI=1S/C21H11Cl2F3N2OS/c22-11-6-7-12(14(23)8-11)18(29)19-17(27)16-13(21(24,25)26)9-15(28-20(16)30-19)10-4-2-1-3-5-10/h1-9H,27H2. The van der Waals surface area contributed by atoms with Crippen molar-refractivity contribution in [3.8, 4) is 11.3 Å². The number of benzene rings is 2. The van der Waals surface area contributed by atoms with Crippen molar-refractivity contribution >= 4 is 56.2 Å². The van der Waals surface area contributed by atoms with Gasteiger partial charge in [0.05, 0.1) is 22.0 Å². The molecule has 0 aliphatic rings. The molecule has 2 aromatic heterocycles. The van der Waals surface area contributed by atoms with Crippen LogP contribution in [0.5, 0.6) is 0 Å². The van der Waals surface area contributed by atoms with Crippen LogP contribution in [0.15, 0.2) is 54.6 Å². The first-order valence-corrected chi connectivity index (χ1v) is 10.1. The lowest BCUT2D eigenvalue weighted by atomic mass is 10.0. The van der Waals surface area contributed by atoms with Gasteiger partial charge < -0.3 is 5.73 Å². The van der Waals surface area contributed by atoms with E-state index >= 15 is 0 Å². The van der Waals surface area contributed by atoms with Gasteiger partial charge in [0.2, 0.25) is 5.78 Å². The van der Waals surface area contributed by atoms with E-state index < -0.39 is 17.5 Å². The molecular formula is C21H11Cl2F3N2OS. The fourth-order valence-corrected chi connectivity index (χ4v) is 4.63. The number of rotatable bonds is 3. The van der Waals surface area contributed by atoms with Crippen molar-refractivity contribution in [2.45, 2.75) is 6.18 Å². The molecule has 4 rings (SSSR count). The van der Waals surface area contributed by atoms with E-state index in [1.54, 1.807) is 30.3 Å². The summed E-state index contributed by atoms with van der Waals surface area (Å²) in [4.78, 5) is 17.3. The van der Waals surface area contributed by atoms with Gasteiger partial charge in [-0.3, -0.25) is 4.79 Å². The van der Waals surface area contributed by atoms with E-state index in [1.165, 1.54) is 18.2 Å². The van der Waals surface area contributed by atoms with Gasteiger partial charge in [0.25, 0.3) is 0 Å². The zero-order chi connectivity index (χ0) is 21.6. The molecule has 0 radical (unpaired) electrons. The van der Waals surface area contributed by atoms with Crippen LogP contribution >= 0.6 is 34.5 Å². The van der Waals surface area contributed by atoms with Crippen molar-refractivity contribution in [3.63, 3.8) is 0 Å². The number of aromatic nitrogens is 1. The number of fused-ring (bicyclic) bond motifs is 1. The van der Waals surface area contributed by atoms with Crippen LogP contribution in [-0.2, 0) is 6.18 Å². The maximum Gasteiger partial charge on any atom is 0.417 e. The van der Waals surface area contributed by atoms with Gasteiger partial charge in [-0.2, -0.15) is 13.2 Å². The Bertz CT molecular complexity index is 1290. The number of hydrogen-bond donors (Lipinski definition) is 1. The molecule has 2 heterocycles. The number of nitrogen functional groups attached to an aromatic ring is 1. The van der Waals surface area contributed by atoms with Crippen LogP contribution in [0.3, 0.4) is 0 Å². The van der Waals surface area contributed by atoms with Gasteiger partial charge in [0.1, 0.15) is 9.71 Å². The van der Waals surface area contributed by atoms with Crippen molar-refractivity contribution in [1.29, 1.82) is 0 Å². The summed E-state index contributed by atoms with van der Waals surface area (Å²) in [5.74, 6) is -0.591. The van der Waals surface area contributed by atoms with Crippen LogP contribution in [0, 0.1) is 0 Å². The SMILES string of the molecule is Nc1c(C(=O)c2ccc(Cl)cc2Cl)sc2nc(-c3ccccc3)cc(C(F)(F)F)c12.